The van der Waals surface area contributed by atoms with Crippen LogP contribution >= 0.6 is 24.8 Å². The number of aromatic nitrogens is 1. The number of pyridine rings is 1. The molecule has 0 saturated carbocycles. The van der Waals surface area contributed by atoms with E-state index >= 15 is 0 Å². The van der Waals surface area contributed by atoms with Crippen molar-refractivity contribution in [2.45, 2.75) is 25.5 Å². The molecule has 3 N–H and O–H groups in total. The van der Waals surface area contributed by atoms with E-state index in [-0.39, 0.29) is 30.9 Å². The number of nitrogens with zero attached hydrogens (tertiary/aromatic N) is 1. The lowest BCUT2D eigenvalue weighted by Crippen LogP contribution is -2.34. The predicted molar refractivity (Wildman–Crippen MR) is 62.1 cm³/mol. The Morgan fingerprint density at radius 3 is 2.29 bits per heavy atom. The monoisotopic (exact) mass is 238 g/mol. The number of rotatable bonds is 3. The van der Waals surface area contributed by atoms with Crippen molar-refractivity contribution in [3.05, 3.63) is 30.1 Å². The van der Waals surface area contributed by atoms with Crippen LogP contribution in [-0.2, 0) is 6.42 Å². The lowest BCUT2D eigenvalue weighted by molar-refractivity contribution is 0.163. The highest BCUT2D eigenvalue weighted by atomic mass is 35.5. The van der Waals surface area contributed by atoms with Crippen LogP contribution in [0.25, 0.3) is 0 Å². The lowest BCUT2D eigenvalue weighted by atomic mass is 10.0. The zero-order valence-corrected chi connectivity index (χ0v) is 9.59. The zero-order valence-electron chi connectivity index (χ0n) is 7.96. The molecule has 0 spiro atoms. The molecule has 1 rings (SSSR count). The van der Waals surface area contributed by atoms with E-state index in [1.165, 1.54) is 0 Å². The Morgan fingerprint density at radius 2 is 1.86 bits per heavy atom. The summed E-state index contributed by atoms with van der Waals surface area (Å²) in [6, 6.07) is 3.62. The van der Waals surface area contributed by atoms with Gasteiger partial charge in [-0.3, -0.25) is 4.98 Å². The summed E-state index contributed by atoms with van der Waals surface area (Å²) in [5, 5.41) is 9.14. The largest absolute Gasteiger partial charge is 0.392 e. The Kier molecular flexibility index (Phi) is 9.20. The molecule has 2 atom stereocenters. The number of hydrogen-bond acceptors (Lipinski definition) is 3. The Labute approximate surface area is 96.6 Å². The van der Waals surface area contributed by atoms with E-state index < -0.39 is 6.10 Å². The molecule has 0 aliphatic rings. The highest BCUT2D eigenvalue weighted by molar-refractivity contribution is 5.85. The van der Waals surface area contributed by atoms with Crippen LogP contribution < -0.4 is 5.73 Å². The molecule has 0 radical (unpaired) electrons. The summed E-state index contributed by atoms with van der Waals surface area (Å²) in [4.78, 5) is 3.89. The van der Waals surface area contributed by atoms with E-state index in [0.717, 1.165) is 5.56 Å². The minimum Gasteiger partial charge on any atom is -0.392 e. The summed E-state index contributed by atoms with van der Waals surface area (Å²) < 4.78 is 0. The van der Waals surface area contributed by atoms with E-state index in [2.05, 4.69) is 4.98 Å². The van der Waals surface area contributed by atoms with Crippen LogP contribution in [0.15, 0.2) is 24.5 Å². The summed E-state index contributed by atoms with van der Waals surface area (Å²) in [6.07, 6.45) is 3.69. The minimum atomic E-state index is -0.460. The zero-order chi connectivity index (χ0) is 8.97. The fourth-order valence-corrected chi connectivity index (χ4v) is 0.962. The fourth-order valence-electron chi connectivity index (χ4n) is 0.962. The second-order valence-electron chi connectivity index (χ2n) is 2.96. The van der Waals surface area contributed by atoms with Gasteiger partial charge in [-0.05, 0) is 31.0 Å². The fraction of sp³-hybridized carbons (Fsp3) is 0.444. The van der Waals surface area contributed by atoms with Crippen LogP contribution in [0.3, 0.4) is 0 Å². The number of nitrogens with two attached hydrogens (primary N) is 1. The molecule has 0 saturated heterocycles. The van der Waals surface area contributed by atoms with Crippen LogP contribution in [0.1, 0.15) is 12.5 Å². The molecule has 0 amide bonds. The van der Waals surface area contributed by atoms with Gasteiger partial charge in [0.1, 0.15) is 0 Å². The molecule has 5 heteroatoms. The average molecular weight is 239 g/mol. The molecule has 0 aromatic carbocycles. The van der Waals surface area contributed by atoms with Gasteiger partial charge in [0.15, 0.2) is 0 Å². The van der Waals surface area contributed by atoms with Crippen molar-refractivity contribution in [2.24, 2.45) is 5.73 Å². The Morgan fingerprint density at radius 1 is 1.36 bits per heavy atom. The molecular weight excluding hydrogens is 223 g/mol. The van der Waals surface area contributed by atoms with Crippen molar-refractivity contribution in [1.82, 2.24) is 4.98 Å². The van der Waals surface area contributed by atoms with Crippen LogP contribution in [0.2, 0.25) is 0 Å². The minimum absolute atomic E-state index is 0. The molecule has 1 aromatic heterocycles. The van der Waals surface area contributed by atoms with Gasteiger partial charge in [0, 0.05) is 18.4 Å². The standard InChI is InChI=1S/C9H14N2O.2ClH/c1-7(12)9(10)6-8-2-4-11-5-3-8;;/h2-5,7,9,12H,6,10H2,1H3;2*1H/t7-,9-;;/m1../s1. The first kappa shape index (κ1) is 16.1. The maximum atomic E-state index is 9.14. The van der Waals surface area contributed by atoms with Gasteiger partial charge < -0.3 is 10.8 Å². The second kappa shape index (κ2) is 8.00. The molecule has 3 nitrogen and oxygen atoms in total. The predicted octanol–water partition coefficient (Wildman–Crippen LogP) is 1.18. The molecule has 0 bridgehead atoms. The van der Waals surface area contributed by atoms with Gasteiger partial charge in [-0.15, -0.1) is 24.8 Å². The van der Waals surface area contributed by atoms with Gasteiger partial charge in [-0.1, -0.05) is 0 Å². The summed E-state index contributed by atoms with van der Waals surface area (Å²) in [5.41, 5.74) is 6.79. The Balaban J connectivity index is 0. The van der Waals surface area contributed by atoms with Crippen LogP contribution in [0.4, 0.5) is 0 Å². The van der Waals surface area contributed by atoms with Crippen LogP contribution in [0, 0.1) is 0 Å². The van der Waals surface area contributed by atoms with Crippen molar-refractivity contribution in [3.8, 4) is 0 Å². The third-order valence-electron chi connectivity index (χ3n) is 1.84. The molecule has 0 aliphatic heterocycles. The third kappa shape index (κ3) is 5.40. The van der Waals surface area contributed by atoms with E-state index in [1.54, 1.807) is 19.3 Å². The summed E-state index contributed by atoms with van der Waals surface area (Å²) >= 11 is 0. The molecule has 82 valence electrons. The molecule has 0 unspecified atom stereocenters. The van der Waals surface area contributed by atoms with Crippen molar-refractivity contribution < 1.29 is 5.11 Å². The van der Waals surface area contributed by atoms with Gasteiger partial charge >= 0.3 is 0 Å². The molecule has 0 aliphatic carbocycles. The van der Waals surface area contributed by atoms with Crippen LogP contribution in [0.5, 0.6) is 0 Å². The molecular formula is C9H16Cl2N2O. The maximum Gasteiger partial charge on any atom is 0.0666 e. The molecule has 0 fully saturated rings. The maximum absolute atomic E-state index is 9.14. The molecule has 1 aromatic rings. The van der Waals surface area contributed by atoms with Gasteiger partial charge in [-0.25, -0.2) is 0 Å². The number of aliphatic hydroxyl groups excluding tert-OH is 1. The summed E-state index contributed by atoms with van der Waals surface area (Å²) in [7, 11) is 0. The topological polar surface area (TPSA) is 59.1 Å². The lowest BCUT2D eigenvalue weighted by Gasteiger charge is -2.13. The van der Waals surface area contributed by atoms with Gasteiger partial charge in [0.05, 0.1) is 6.10 Å². The van der Waals surface area contributed by atoms with E-state index in [1.807, 2.05) is 12.1 Å². The highest BCUT2D eigenvalue weighted by Crippen LogP contribution is 2.02. The molecule has 14 heavy (non-hydrogen) atoms. The summed E-state index contributed by atoms with van der Waals surface area (Å²) in [6.45, 7) is 1.70. The normalized spacial score (nSPS) is 13.4. The highest BCUT2D eigenvalue weighted by Gasteiger charge is 2.08. The Bertz CT molecular complexity index is 232. The quantitative estimate of drug-likeness (QED) is 0.832. The van der Waals surface area contributed by atoms with Crippen LogP contribution in [-0.4, -0.2) is 22.2 Å². The first-order chi connectivity index (χ1) is 5.70. The molecule has 1 heterocycles. The SMILES string of the molecule is C[C@@H](O)[C@H](N)Cc1ccncc1.Cl.Cl. The smallest absolute Gasteiger partial charge is 0.0666 e. The van der Waals surface area contributed by atoms with Crippen molar-refractivity contribution in [1.29, 1.82) is 0 Å². The van der Waals surface area contributed by atoms with Gasteiger partial charge in [-0.2, -0.15) is 0 Å². The van der Waals surface area contributed by atoms with Crippen molar-refractivity contribution >= 4 is 24.8 Å². The second-order valence-corrected chi connectivity index (χ2v) is 2.96. The van der Waals surface area contributed by atoms with Gasteiger partial charge in [0.25, 0.3) is 0 Å². The number of aliphatic hydroxyl groups is 1. The van der Waals surface area contributed by atoms with Crippen molar-refractivity contribution in [3.63, 3.8) is 0 Å². The average Bonchev–Trinajstić information content (AvgIpc) is 2.06. The van der Waals surface area contributed by atoms with E-state index in [0.29, 0.717) is 6.42 Å². The first-order valence-electron chi connectivity index (χ1n) is 4.02. The van der Waals surface area contributed by atoms with Crippen molar-refractivity contribution in [2.75, 3.05) is 0 Å². The van der Waals surface area contributed by atoms with Gasteiger partial charge in [0.2, 0.25) is 0 Å². The van der Waals surface area contributed by atoms with E-state index in [9.17, 15) is 0 Å². The number of halogens is 2. The summed E-state index contributed by atoms with van der Waals surface area (Å²) in [5.74, 6) is 0. The van der Waals surface area contributed by atoms with E-state index in [4.69, 9.17) is 10.8 Å². The third-order valence-corrected chi connectivity index (χ3v) is 1.84. The number of hydrogen-bond donors (Lipinski definition) is 2. The first-order valence-corrected chi connectivity index (χ1v) is 4.02. The Hall–Kier alpha value is -0.350.